The molecule has 0 radical (unpaired) electrons. The van der Waals surface area contributed by atoms with E-state index in [1.54, 1.807) is 7.11 Å². The van der Waals surface area contributed by atoms with Crippen LogP contribution in [0.25, 0.3) is 0 Å². The number of hydrogen-bond donors (Lipinski definition) is 2. The fourth-order valence-electron chi connectivity index (χ4n) is 2.86. The van der Waals surface area contributed by atoms with Gasteiger partial charge in [-0.25, -0.2) is 0 Å². The molecule has 2 rings (SSSR count). The first-order chi connectivity index (χ1) is 9.14. The zero-order valence-electron chi connectivity index (χ0n) is 12.0. The number of ether oxygens (including phenoxy) is 1. The first-order valence-corrected chi connectivity index (χ1v) is 7.23. The van der Waals surface area contributed by atoms with E-state index in [4.69, 9.17) is 4.74 Å². The summed E-state index contributed by atoms with van der Waals surface area (Å²) in [6, 6.07) is 8.22. The van der Waals surface area contributed by atoms with Crippen LogP contribution >= 0.6 is 0 Å². The highest BCUT2D eigenvalue weighted by atomic mass is 16.5. The monoisotopic (exact) mass is 263 g/mol. The van der Waals surface area contributed by atoms with Crippen LogP contribution in [0.1, 0.15) is 50.6 Å². The summed E-state index contributed by atoms with van der Waals surface area (Å²) in [5.74, 6) is 0.901. The Morgan fingerprint density at radius 3 is 2.63 bits per heavy atom. The predicted octanol–water partition coefficient (Wildman–Crippen LogP) is 3.04. The lowest BCUT2D eigenvalue weighted by Crippen LogP contribution is -2.42. The number of aliphatic hydroxyl groups is 1. The van der Waals surface area contributed by atoms with Gasteiger partial charge in [0.15, 0.2) is 0 Å². The highest BCUT2D eigenvalue weighted by molar-refractivity contribution is 5.35. The summed E-state index contributed by atoms with van der Waals surface area (Å²) >= 11 is 0. The van der Waals surface area contributed by atoms with Gasteiger partial charge in [-0.1, -0.05) is 37.5 Å². The topological polar surface area (TPSA) is 41.5 Å². The van der Waals surface area contributed by atoms with E-state index in [2.05, 4.69) is 18.3 Å². The summed E-state index contributed by atoms with van der Waals surface area (Å²) in [7, 11) is 1.69. The Hall–Kier alpha value is -1.06. The molecule has 1 aromatic rings. The van der Waals surface area contributed by atoms with E-state index in [0.29, 0.717) is 6.54 Å². The number of para-hydroxylation sites is 1. The molecule has 1 saturated carbocycles. The van der Waals surface area contributed by atoms with Gasteiger partial charge in [0.25, 0.3) is 0 Å². The minimum Gasteiger partial charge on any atom is -0.496 e. The second-order valence-corrected chi connectivity index (χ2v) is 5.63. The van der Waals surface area contributed by atoms with E-state index >= 15 is 0 Å². The standard InChI is InChI=1S/C16H25NO2/c1-13(14-8-4-5-9-15(14)19-2)17-12-16(18)10-6-3-7-11-16/h4-5,8-9,13,17-18H,3,6-7,10-12H2,1-2H3/t13-/m0/s1. The molecule has 1 atom stereocenters. The van der Waals surface area contributed by atoms with Gasteiger partial charge in [0.05, 0.1) is 12.7 Å². The van der Waals surface area contributed by atoms with Crippen LogP contribution in [-0.4, -0.2) is 24.4 Å². The van der Waals surface area contributed by atoms with Crippen molar-refractivity contribution in [3.63, 3.8) is 0 Å². The second kappa shape index (κ2) is 6.40. The van der Waals surface area contributed by atoms with Crippen LogP contribution in [0.3, 0.4) is 0 Å². The van der Waals surface area contributed by atoms with Crippen LogP contribution < -0.4 is 10.1 Å². The molecule has 1 aliphatic rings. The van der Waals surface area contributed by atoms with Gasteiger partial charge >= 0.3 is 0 Å². The van der Waals surface area contributed by atoms with Crippen molar-refractivity contribution in [3.8, 4) is 5.75 Å². The van der Waals surface area contributed by atoms with Gasteiger partial charge in [-0.15, -0.1) is 0 Å². The maximum absolute atomic E-state index is 10.5. The molecule has 1 fully saturated rings. The van der Waals surface area contributed by atoms with Crippen LogP contribution in [0.5, 0.6) is 5.75 Å². The molecule has 0 aliphatic heterocycles. The minimum absolute atomic E-state index is 0.183. The first kappa shape index (κ1) is 14.4. The zero-order valence-corrected chi connectivity index (χ0v) is 12.0. The Labute approximate surface area is 116 Å². The van der Waals surface area contributed by atoms with Gasteiger partial charge in [0.1, 0.15) is 5.75 Å². The second-order valence-electron chi connectivity index (χ2n) is 5.63. The van der Waals surface area contributed by atoms with E-state index in [-0.39, 0.29) is 6.04 Å². The lowest BCUT2D eigenvalue weighted by molar-refractivity contribution is 0.00295. The van der Waals surface area contributed by atoms with Crippen molar-refractivity contribution in [1.82, 2.24) is 5.32 Å². The number of rotatable bonds is 5. The van der Waals surface area contributed by atoms with Crippen LogP contribution in [0.4, 0.5) is 0 Å². The molecule has 2 N–H and O–H groups in total. The van der Waals surface area contributed by atoms with Gasteiger partial charge in [-0.2, -0.15) is 0 Å². The van der Waals surface area contributed by atoms with Crippen LogP contribution in [0, 0.1) is 0 Å². The summed E-state index contributed by atoms with van der Waals surface area (Å²) in [6.45, 7) is 2.77. The first-order valence-electron chi connectivity index (χ1n) is 7.23. The van der Waals surface area contributed by atoms with Crippen LogP contribution in [-0.2, 0) is 0 Å². The van der Waals surface area contributed by atoms with E-state index in [9.17, 15) is 5.11 Å². The van der Waals surface area contributed by atoms with Gasteiger partial charge in [-0.05, 0) is 25.8 Å². The third-order valence-electron chi connectivity index (χ3n) is 4.13. The minimum atomic E-state index is -0.519. The normalized spacial score (nSPS) is 19.9. The maximum atomic E-state index is 10.5. The summed E-state index contributed by atoms with van der Waals surface area (Å²) in [5, 5.41) is 14.0. The summed E-state index contributed by atoms with van der Waals surface area (Å²) < 4.78 is 5.38. The molecule has 1 aromatic carbocycles. The molecular formula is C16H25NO2. The average molecular weight is 263 g/mol. The van der Waals surface area contributed by atoms with Crippen molar-refractivity contribution in [1.29, 1.82) is 0 Å². The highest BCUT2D eigenvalue weighted by Gasteiger charge is 2.29. The number of benzene rings is 1. The fourth-order valence-corrected chi connectivity index (χ4v) is 2.86. The van der Waals surface area contributed by atoms with E-state index < -0.39 is 5.60 Å². The molecule has 3 heteroatoms. The lowest BCUT2D eigenvalue weighted by atomic mass is 9.84. The fraction of sp³-hybridized carbons (Fsp3) is 0.625. The van der Waals surface area contributed by atoms with Gasteiger partial charge in [0, 0.05) is 18.2 Å². The average Bonchev–Trinajstić information content (AvgIpc) is 2.45. The van der Waals surface area contributed by atoms with E-state index in [1.165, 1.54) is 6.42 Å². The summed E-state index contributed by atoms with van der Waals surface area (Å²) in [5.41, 5.74) is 0.624. The number of methoxy groups -OCH3 is 1. The molecule has 0 unspecified atom stereocenters. The Morgan fingerprint density at radius 2 is 1.95 bits per heavy atom. The van der Waals surface area contributed by atoms with Crippen molar-refractivity contribution in [3.05, 3.63) is 29.8 Å². The molecule has 0 amide bonds. The Morgan fingerprint density at radius 1 is 1.26 bits per heavy atom. The SMILES string of the molecule is COc1ccccc1[C@H](C)NCC1(O)CCCCC1. The van der Waals surface area contributed by atoms with Crippen molar-refractivity contribution in [2.45, 2.75) is 50.7 Å². The molecule has 0 bridgehead atoms. The lowest BCUT2D eigenvalue weighted by Gasteiger charge is -2.33. The van der Waals surface area contributed by atoms with Gasteiger partial charge in [0.2, 0.25) is 0 Å². The van der Waals surface area contributed by atoms with Gasteiger partial charge in [-0.3, -0.25) is 0 Å². The highest BCUT2D eigenvalue weighted by Crippen LogP contribution is 2.29. The zero-order chi connectivity index (χ0) is 13.7. The molecule has 0 aromatic heterocycles. The summed E-state index contributed by atoms with van der Waals surface area (Å²) in [4.78, 5) is 0. The van der Waals surface area contributed by atoms with Gasteiger partial charge < -0.3 is 15.2 Å². The third-order valence-corrected chi connectivity index (χ3v) is 4.13. The molecule has 0 spiro atoms. The van der Waals surface area contributed by atoms with Crippen LogP contribution in [0.15, 0.2) is 24.3 Å². The molecular weight excluding hydrogens is 238 g/mol. The molecule has 19 heavy (non-hydrogen) atoms. The van der Waals surface area contributed by atoms with Crippen LogP contribution in [0.2, 0.25) is 0 Å². The van der Waals surface area contributed by atoms with E-state index in [0.717, 1.165) is 37.0 Å². The summed E-state index contributed by atoms with van der Waals surface area (Å²) in [6.07, 6.45) is 5.37. The molecule has 0 heterocycles. The Kier molecular flexibility index (Phi) is 4.83. The van der Waals surface area contributed by atoms with Crippen molar-refractivity contribution in [2.75, 3.05) is 13.7 Å². The number of hydrogen-bond acceptors (Lipinski definition) is 3. The Balaban J connectivity index is 1.95. The van der Waals surface area contributed by atoms with Crippen molar-refractivity contribution >= 4 is 0 Å². The number of nitrogens with one attached hydrogen (secondary N) is 1. The van der Waals surface area contributed by atoms with E-state index in [1.807, 2.05) is 18.2 Å². The maximum Gasteiger partial charge on any atom is 0.123 e. The van der Waals surface area contributed by atoms with Crippen molar-refractivity contribution in [2.24, 2.45) is 0 Å². The molecule has 1 aliphatic carbocycles. The molecule has 0 saturated heterocycles. The van der Waals surface area contributed by atoms with Crippen molar-refractivity contribution < 1.29 is 9.84 Å². The predicted molar refractivity (Wildman–Crippen MR) is 77.4 cm³/mol. The Bertz CT molecular complexity index is 399. The quantitative estimate of drug-likeness (QED) is 0.858. The largest absolute Gasteiger partial charge is 0.496 e. The molecule has 3 nitrogen and oxygen atoms in total. The molecule has 106 valence electrons. The third kappa shape index (κ3) is 3.71. The smallest absolute Gasteiger partial charge is 0.123 e.